The van der Waals surface area contributed by atoms with E-state index < -0.39 is 46.7 Å². The minimum Gasteiger partial charge on any atom is -0.481 e. The Bertz CT molecular complexity index is 697. The highest BCUT2D eigenvalue weighted by Crippen LogP contribution is 2.49. The SMILES string of the molecule is O=C(O)C1CC1C(=O)NCC1(c2cc(F)cc(C(F)(F)F)c2)CC1. The molecule has 24 heavy (non-hydrogen) atoms. The number of carbonyl (C=O) groups is 2. The topological polar surface area (TPSA) is 66.4 Å². The summed E-state index contributed by atoms with van der Waals surface area (Å²) in [5.74, 6) is -3.69. The molecule has 2 saturated carbocycles. The maximum atomic E-state index is 13.5. The summed E-state index contributed by atoms with van der Waals surface area (Å²) in [6.07, 6.45) is -3.28. The number of hydrogen-bond donors (Lipinski definition) is 2. The van der Waals surface area contributed by atoms with E-state index in [-0.39, 0.29) is 18.5 Å². The first kappa shape index (κ1) is 16.7. The Morgan fingerprint density at radius 3 is 2.38 bits per heavy atom. The lowest BCUT2D eigenvalue weighted by atomic mass is 9.93. The van der Waals surface area contributed by atoms with Gasteiger partial charge < -0.3 is 10.4 Å². The van der Waals surface area contributed by atoms with Crippen LogP contribution in [0.1, 0.15) is 30.4 Å². The standard InChI is InChI=1S/C16H15F4NO3/c17-10-4-8(3-9(5-10)16(18,19)20)15(1-2-15)7-21-13(22)11-6-12(11)14(23)24/h3-5,11-12H,1-2,6-7H2,(H,21,22)(H,23,24). The monoisotopic (exact) mass is 345 g/mol. The first-order valence-corrected chi connectivity index (χ1v) is 7.51. The summed E-state index contributed by atoms with van der Waals surface area (Å²) in [7, 11) is 0. The van der Waals surface area contributed by atoms with E-state index in [1.54, 1.807) is 0 Å². The molecular weight excluding hydrogens is 330 g/mol. The van der Waals surface area contributed by atoms with Crippen LogP contribution in [-0.4, -0.2) is 23.5 Å². The van der Waals surface area contributed by atoms with E-state index in [2.05, 4.69) is 5.32 Å². The zero-order valence-corrected chi connectivity index (χ0v) is 12.5. The van der Waals surface area contributed by atoms with Crippen LogP contribution in [0.4, 0.5) is 17.6 Å². The number of aliphatic carboxylic acids is 1. The van der Waals surface area contributed by atoms with Crippen molar-refractivity contribution in [3.8, 4) is 0 Å². The fourth-order valence-electron chi connectivity index (χ4n) is 2.92. The molecule has 2 N–H and O–H groups in total. The Kier molecular flexibility index (Phi) is 3.80. The van der Waals surface area contributed by atoms with Gasteiger partial charge in [0.1, 0.15) is 5.82 Å². The van der Waals surface area contributed by atoms with Gasteiger partial charge in [-0.2, -0.15) is 13.2 Å². The molecule has 0 heterocycles. The van der Waals surface area contributed by atoms with Crippen molar-refractivity contribution in [3.05, 3.63) is 35.1 Å². The zero-order valence-electron chi connectivity index (χ0n) is 12.5. The number of rotatable bonds is 5. The number of alkyl halides is 3. The molecule has 0 radical (unpaired) electrons. The number of hydrogen-bond acceptors (Lipinski definition) is 2. The summed E-state index contributed by atoms with van der Waals surface area (Å²) in [5, 5.41) is 11.4. The van der Waals surface area contributed by atoms with Crippen molar-refractivity contribution in [2.45, 2.75) is 30.9 Å². The highest BCUT2D eigenvalue weighted by Gasteiger charge is 2.50. The summed E-state index contributed by atoms with van der Waals surface area (Å²) in [5.41, 5.74) is -1.55. The molecule has 0 aliphatic heterocycles. The lowest BCUT2D eigenvalue weighted by molar-refractivity contribution is -0.140. The van der Waals surface area contributed by atoms with E-state index in [9.17, 15) is 27.2 Å². The second kappa shape index (κ2) is 5.46. The fourth-order valence-corrected chi connectivity index (χ4v) is 2.92. The number of carboxylic acids is 1. The second-order valence-corrected chi connectivity index (χ2v) is 6.51. The van der Waals surface area contributed by atoms with Gasteiger partial charge in [0.15, 0.2) is 0 Å². The van der Waals surface area contributed by atoms with E-state index in [1.807, 2.05) is 0 Å². The molecule has 2 aliphatic rings. The highest BCUT2D eigenvalue weighted by atomic mass is 19.4. The van der Waals surface area contributed by atoms with E-state index in [0.717, 1.165) is 12.1 Å². The van der Waals surface area contributed by atoms with Gasteiger partial charge in [-0.1, -0.05) is 0 Å². The molecule has 130 valence electrons. The fraction of sp³-hybridized carbons (Fsp3) is 0.500. The number of amides is 1. The minimum atomic E-state index is -4.64. The molecule has 1 aromatic rings. The third-order valence-electron chi connectivity index (χ3n) is 4.74. The van der Waals surface area contributed by atoms with Gasteiger partial charge in [0, 0.05) is 12.0 Å². The predicted octanol–water partition coefficient (Wildman–Crippen LogP) is 2.71. The van der Waals surface area contributed by atoms with Crippen molar-refractivity contribution in [3.63, 3.8) is 0 Å². The van der Waals surface area contributed by atoms with Crippen molar-refractivity contribution in [1.82, 2.24) is 5.32 Å². The van der Waals surface area contributed by atoms with Gasteiger partial charge in [0.2, 0.25) is 5.91 Å². The maximum absolute atomic E-state index is 13.5. The molecule has 3 rings (SSSR count). The molecular formula is C16H15F4NO3. The molecule has 8 heteroatoms. The van der Waals surface area contributed by atoms with Crippen LogP contribution < -0.4 is 5.32 Å². The Hall–Kier alpha value is -2.12. The first-order valence-electron chi connectivity index (χ1n) is 7.51. The van der Waals surface area contributed by atoms with Gasteiger partial charge in [-0.15, -0.1) is 0 Å². The van der Waals surface area contributed by atoms with Crippen molar-refractivity contribution >= 4 is 11.9 Å². The third-order valence-corrected chi connectivity index (χ3v) is 4.74. The zero-order chi connectivity index (χ0) is 17.7. The lowest BCUT2D eigenvalue weighted by Gasteiger charge is -2.18. The Labute approximate surface area is 134 Å². The number of carbonyl (C=O) groups excluding carboxylic acids is 1. The van der Waals surface area contributed by atoms with Gasteiger partial charge >= 0.3 is 12.1 Å². The number of carboxylic acid groups (broad SMARTS) is 1. The van der Waals surface area contributed by atoms with Crippen molar-refractivity contribution in [1.29, 1.82) is 0 Å². The van der Waals surface area contributed by atoms with Crippen LogP contribution in [0.5, 0.6) is 0 Å². The van der Waals surface area contributed by atoms with Gasteiger partial charge in [-0.3, -0.25) is 9.59 Å². The summed E-state index contributed by atoms with van der Waals surface area (Å²) < 4.78 is 52.0. The van der Waals surface area contributed by atoms with E-state index in [4.69, 9.17) is 5.11 Å². The Morgan fingerprint density at radius 1 is 1.21 bits per heavy atom. The molecule has 0 bridgehead atoms. The van der Waals surface area contributed by atoms with Crippen LogP contribution in [0, 0.1) is 17.7 Å². The first-order chi connectivity index (χ1) is 11.1. The van der Waals surface area contributed by atoms with Crippen LogP contribution in [0.3, 0.4) is 0 Å². The smallest absolute Gasteiger partial charge is 0.416 e. The predicted molar refractivity (Wildman–Crippen MR) is 74.6 cm³/mol. The van der Waals surface area contributed by atoms with Gasteiger partial charge in [-0.05, 0) is 43.0 Å². The van der Waals surface area contributed by atoms with Crippen LogP contribution in [0.2, 0.25) is 0 Å². The summed E-state index contributed by atoms with van der Waals surface area (Å²) >= 11 is 0. The third kappa shape index (κ3) is 3.22. The summed E-state index contributed by atoms with van der Waals surface area (Å²) in [4.78, 5) is 22.6. The van der Waals surface area contributed by atoms with Crippen LogP contribution >= 0.6 is 0 Å². The Morgan fingerprint density at radius 2 is 1.88 bits per heavy atom. The molecule has 2 aliphatic carbocycles. The molecule has 4 nitrogen and oxygen atoms in total. The van der Waals surface area contributed by atoms with Gasteiger partial charge in [-0.25, -0.2) is 4.39 Å². The Balaban J connectivity index is 1.70. The molecule has 0 spiro atoms. The van der Waals surface area contributed by atoms with Crippen molar-refractivity contribution in [2.75, 3.05) is 6.54 Å². The maximum Gasteiger partial charge on any atom is 0.416 e. The highest BCUT2D eigenvalue weighted by molar-refractivity contribution is 5.89. The number of benzene rings is 1. The summed E-state index contributed by atoms with van der Waals surface area (Å²) in [6.45, 7) is 0.0788. The molecule has 2 unspecified atom stereocenters. The van der Waals surface area contributed by atoms with Gasteiger partial charge in [0.25, 0.3) is 0 Å². The summed E-state index contributed by atoms with van der Waals surface area (Å²) in [6, 6.07) is 2.42. The second-order valence-electron chi connectivity index (χ2n) is 6.51. The molecule has 0 aromatic heterocycles. The number of halogens is 4. The minimum absolute atomic E-state index is 0.0788. The quantitative estimate of drug-likeness (QED) is 0.807. The van der Waals surface area contributed by atoms with Crippen LogP contribution in [0.25, 0.3) is 0 Å². The average Bonchev–Trinajstić information content (AvgIpc) is 3.36. The van der Waals surface area contributed by atoms with Crippen LogP contribution in [0.15, 0.2) is 18.2 Å². The lowest BCUT2D eigenvalue weighted by Crippen LogP contribution is -2.34. The molecule has 1 aromatic carbocycles. The molecule has 1 amide bonds. The largest absolute Gasteiger partial charge is 0.481 e. The average molecular weight is 345 g/mol. The molecule has 0 saturated heterocycles. The van der Waals surface area contributed by atoms with E-state index in [0.29, 0.717) is 18.9 Å². The van der Waals surface area contributed by atoms with Crippen molar-refractivity contribution < 1.29 is 32.3 Å². The van der Waals surface area contributed by atoms with Crippen molar-refractivity contribution in [2.24, 2.45) is 11.8 Å². The van der Waals surface area contributed by atoms with E-state index >= 15 is 0 Å². The molecule has 2 atom stereocenters. The number of nitrogens with one attached hydrogen (secondary N) is 1. The normalized spacial score (nSPS) is 24.3. The van der Waals surface area contributed by atoms with Gasteiger partial charge in [0.05, 0.1) is 17.4 Å². The molecule has 2 fully saturated rings. The van der Waals surface area contributed by atoms with E-state index in [1.165, 1.54) is 0 Å². The van der Waals surface area contributed by atoms with Crippen LogP contribution in [-0.2, 0) is 21.2 Å².